The lowest BCUT2D eigenvalue weighted by atomic mass is 9.96. The van der Waals surface area contributed by atoms with Gasteiger partial charge in [-0.3, -0.25) is 9.32 Å². The van der Waals surface area contributed by atoms with Crippen LogP contribution in [-0.2, 0) is 23.4 Å². The first-order chi connectivity index (χ1) is 18.5. The van der Waals surface area contributed by atoms with Crippen LogP contribution in [0, 0.1) is 5.92 Å². The molecule has 39 heavy (non-hydrogen) atoms. The number of phosphoric acid groups is 1. The lowest BCUT2D eigenvalue weighted by molar-refractivity contribution is -0.897. The van der Waals surface area contributed by atoms with Crippen LogP contribution in [0.4, 0.5) is 0 Å². The van der Waals surface area contributed by atoms with Crippen molar-refractivity contribution in [1.29, 1.82) is 0 Å². The predicted molar refractivity (Wildman–Crippen MR) is 160 cm³/mol. The van der Waals surface area contributed by atoms with Crippen molar-refractivity contribution in [2.75, 3.05) is 47.6 Å². The molecule has 0 fully saturated rings. The van der Waals surface area contributed by atoms with E-state index in [9.17, 15) is 9.36 Å². The molecule has 0 aliphatic heterocycles. The number of esters is 1. The van der Waals surface area contributed by atoms with E-state index in [1.54, 1.807) is 6.92 Å². The fourth-order valence-corrected chi connectivity index (χ4v) is 5.21. The maximum Gasteiger partial charge on any atom is 0.469 e. The number of ether oxygens (including phenoxy) is 2. The summed E-state index contributed by atoms with van der Waals surface area (Å²) in [5, 5.41) is 0. The number of quaternary nitrogens is 1. The zero-order valence-electron chi connectivity index (χ0n) is 26.0. The van der Waals surface area contributed by atoms with Gasteiger partial charge < -0.3 is 23.7 Å². The van der Waals surface area contributed by atoms with Gasteiger partial charge in [-0.1, -0.05) is 103 Å². The van der Waals surface area contributed by atoms with Crippen molar-refractivity contribution in [3.8, 4) is 0 Å². The van der Waals surface area contributed by atoms with Crippen molar-refractivity contribution in [2.24, 2.45) is 5.92 Å². The van der Waals surface area contributed by atoms with E-state index in [4.69, 9.17) is 23.8 Å². The maximum atomic E-state index is 12.2. The molecule has 234 valence electrons. The van der Waals surface area contributed by atoms with Crippen LogP contribution in [0.3, 0.4) is 0 Å². The molecule has 0 amide bonds. The number of unbranched alkanes of at least 4 members (excludes halogenated alkanes) is 15. The van der Waals surface area contributed by atoms with E-state index in [0.29, 0.717) is 30.7 Å². The summed E-state index contributed by atoms with van der Waals surface area (Å²) in [6.07, 6.45) is 22.0. The van der Waals surface area contributed by atoms with Gasteiger partial charge in [-0.2, -0.15) is 0 Å². The van der Waals surface area contributed by atoms with Crippen molar-refractivity contribution >= 4 is 13.8 Å². The van der Waals surface area contributed by atoms with Crippen LogP contribution in [0.5, 0.6) is 0 Å². The summed E-state index contributed by atoms with van der Waals surface area (Å²) in [6, 6.07) is -0.198. The molecule has 0 bridgehead atoms. The number of rotatable bonds is 28. The minimum Gasteiger partial charge on any atom is -0.466 e. The third-order valence-electron chi connectivity index (χ3n) is 7.39. The second kappa shape index (κ2) is 24.1. The van der Waals surface area contributed by atoms with Gasteiger partial charge in [0.15, 0.2) is 0 Å². The van der Waals surface area contributed by atoms with Crippen molar-refractivity contribution in [3.05, 3.63) is 0 Å². The molecule has 0 rings (SSSR count). The van der Waals surface area contributed by atoms with Crippen LogP contribution in [0.1, 0.15) is 129 Å². The Morgan fingerprint density at radius 3 is 1.62 bits per heavy atom. The van der Waals surface area contributed by atoms with E-state index in [0.717, 1.165) is 12.8 Å². The van der Waals surface area contributed by atoms with Crippen LogP contribution in [-0.4, -0.2) is 73.9 Å². The molecular weight excluding hydrogens is 517 g/mol. The zero-order chi connectivity index (χ0) is 29.4. The van der Waals surface area contributed by atoms with E-state index in [1.165, 1.54) is 89.9 Å². The lowest BCUT2D eigenvalue weighted by Gasteiger charge is -2.36. The summed E-state index contributed by atoms with van der Waals surface area (Å²) in [7, 11) is 1.29. The van der Waals surface area contributed by atoms with Gasteiger partial charge in [0.2, 0.25) is 0 Å². The average molecular weight is 581 g/mol. The van der Waals surface area contributed by atoms with Crippen molar-refractivity contribution in [2.45, 2.75) is 135 Å². The smallest absolute Gasteiger partial charge is 0.466 e. The first-order valence-corrected chi connectivity index (χ1v) is 17.3. The Bertz CT molecular complexity index is 621. The zero-order valence-corrected chi connectivity index (χ0v) is 26.9. The van der Waals surface area contributed by atoms with Crippen LogP contribution in [0.25, 0.3) is 0 Å². The Morgan fingerprint density at radius 1 is 0.744 bits per heavy atom. The Morgan fingerprint density at radius 2 is 1.21 bits per heavy atom. The van der Waals surface area contributed by atoms with Gasteiger partial charge in [0.05, 0.1) is 40.8 Å². The summed E-state index contributed by atoms with van der Waals surface area (Å²) in [5.41, 5.74) is 0. The Kier molecular flexibility index (Phi) is 23.8. The monoisotopic (exact) mass is 580 g/mol. The molecule has 8 nitrogen and oxygen atoms in total. The molecule has 0 saturated carbocycles. The number of likely N-dealkylation sites (N-methyl/N-ethyl adjacent to an activating group) is 1. The Balaban J connectivity index is 4.07. The molecule has 0 aromatic rings. The topological polar surface area (TPSA) is 102 Å². The largest absolute Gasteiger partial charge is 0.469 e. The van der Waals surface area contributed by atoms with Crippen LogP contribution < -0.4 is 0 Å². The summed E-state index contributed by atoms with van der Waals surface area (Å²) < 4.78 is 27.6. The molecular formula is C30H63NO7P+. The van der Waals surface area contributed by atoms with Gasteiger partial charge in [0.1, 0.15) is 12.6 Å². The highest BCUT2D eigenvalue weighted by Crippen LogP contribution is 2.37. The predicted octanol–water partition coefficient (Wildman–Crippen LogP) is 7.41. The van der Waals surface area contributed by atoms with Crippen LogP contribution >= 0.6 is 7.82 Å². The van der Waals surface area contributed by atoms with E-state index in [-0.39, 0.29) is 31.0 Å². The number of phosphoric ester groups is 1. The summed E-state index contributed by atoms with van der Waals surface area (Å²) in [5.74, 6) is -0.377. The quantitative estimate of drug-likeness (QED) is 0.0430. The van der Waals surface area contributed by atoms with E-state index in [2.05, 4.69) is 6.92 Å². The normalized spacial score (nSPS) is 13.9. The highest BCUT2D eigenvalue weighted by molar-refractivity contribution is 7.46. The molecule has 0 saturated heterocycles. The van der Waals surface area contributed by atoms with Gasteiger partial charge in [-0.25, -0.2) is 4.57 Å². The molecule has 2 N–H and O–H groups in total. The molecule has 0 heterocycles. The summed E-state index contributed by atoms with van der Waals surface area (Å²) in [4.78, 5) is 30.4. The highest BCUT2D eigenvalue weighted by Gasteiger charge is 2.31. The minimum atomic E-state index is -4.56. The second-order valence-corrected chi connectivity index (χ2v) is 13.3. The standard InChI is InChI=1S/C30H62NO7P/c1-6-8-9-10-11-12-13-14-15-16-17-18-19-20-21-22-23-36-26-28(25-30(32)37-7-2)24-29(31(3,4)5)27-38-39(33,34)35/h28-29H,6-27H2,1-5H3,(H-,33,34,35)/p+1. The number of hydrogen-bond donors (Lipinski definition) is 2. The first kappa shape index (κ1) is 38.5. The average Bonchev–Trinajstić information content (AvgIpc) is 2.84. The third kappa shape index (κ3) is 26.2. The van der Waals surface area contributed by atoms with Gasteiger partial charge in [-0.15, -0.1) is 0 Å². The number of nitrogens with zero attached hydrogens (tertiary/aromatic N) is 1. The third-order valence-corrected chi connectivity index (χ3v) is 7.88. The van der Waals surface area contributed by atoms with E-state index >= 15 is 0 Å². The lowest BCUT2D eigenvalue weighted by Crippen LogP contribution is -2.49. The molecule has 0 radical (unpaired) electrons. The van der Waals surface area contributed by atoms with Gasteiger partial charge in [0, 0.05) is 13.0 Å². The fourth-order valence-electron chi connectivity index (χ4n) is 4.84. The Hall–Kier alpha value is -0.500. The van der Waals surface area contributed by atoms with E-state index < -0.39 is 7.82 Å². The number of carbonyl (C=O) groups excluding carboxylic acids is 1. The van der Waals surface area contributed by atoms with Gasteiger partial charge in [0.25, 0.3) is 0 Å². The first-order valence-electron chi connectivity index (χ1n) is 15.7. The summed E-state index contributed by atoms with van der Waals surface area (Å²) in [6.45, 7) is 5.37. The SMILES string of the molecule is CCCCCCCCCCCCCCCCCCOCC(CC(=O)OCC)CC(COP(=O)(O)O)[N+](C)(C)C. The van der Waals surface area contributed by atoms with Gasteiger partial charge in [-0.05, 0) is 19.3 Å². The van der Waals surface area contributed by atoms with E-state index in [1.807, 2.05) is 21.1 Å². The van der Waals surface area contributed by atoms with Crippen molar-refractivity contribution in [3.63, 3.8) is 0 Å². The van der Waals surface area contributed by atoms with Crippen LogP contribution in [0.2, 0.25) is 0 Å². The van der Waals surface area contributed by atoms with Crippen molar-refractivity contribution in [1.82, 2.24) is 0 Å². The second-order valence-electron chi connectivity index (χ2n) is 12.0. The fraction of sp³-hybridized carbons (Fsp3) is 0.967. The maximum absolute atomic E-state index is 12.2. The number of carbonyl (C=O) groups is 1. The molecule has 2 unspecified atom stereocenters. The molecule has 0 spiro atoms. The Labute approximate surface area is 240 Å². The molecule has 0 aliphatic carbocycles. The molecule has 0 aliphatic rings. The molecule has 0 aromatic carbocycles. The van der Waals surface area contributed by atoms with Crippen LogP contribution in [0.15, 0.2) is 0 Å². The van der Waals surface area contributed by atoms with Crippen molar-refractivity contribution < 1.29 is 37.6 Å². The minimum absolute atomic E-state index is 0.0910. The summed E-state index contributed by atoms with van der Waals surface area (Å²) >= 11 is 0. The number of hydrogen-bond acceptors (Lipinski definition) is 5. The highest BCUT2D eigenvalue weighted by atomic mass is 31.2. The molecule has 9 heteroatoms. The molecule has 0 aromatic heterocycles. The molecule has 2 atom stereocenters. The van der Waals surface area contributed by atoms with Gasteiger partial charge >= 0.3 is 13.8 Å².